The molecule has 4 aromatic carbocycles. The highest BCUT2D eigenvalue weighted by atomic mass is 16.5. The number of anilines is 1. The molecular weight excluding hydrogens is 426 g/mol. The van der Waals surface area contributed by atoms with Crippen LogP contribution in [0.2, 0.25) is 0 Å². The zero-order chi connectivity index (χ0) is 23.7. The minimum atomic E-state index is -0.252. The van der Waals surface area contributed by atoms with Crippen molar-refractivity contribution >= 4 is 33.4 Å². The van der Waals surface area contributed by atoms with E-state index in [1.807, 2.05) is 73.1 Å². The highest BCUT2D eigenvalue weighted by Crippen LogP contribution is 2.33. The first-order valence-corrected chi connectivity index (χ1v) is 11.1. The van der Waals surface area contributed by atoms with Gasteiger partial charge in [0.05, 0.1) is 43.2 Å². The highest BCUT2D eigenvalue weighted by Gasteiger charge is 2.17. The lowest BCUT2D eigenvalue weighted by Gasteiger charge is -2.15. The van der Waals surface area contributed by atoms with Crippen molar-refractivity contribution in [3.8, 4) is 11.5 Å². The molecule has 1 amide bonds. The smallest absolute Gasteiger partial charge is 0.259 e. The summed E-state index contributed by atoms with van der Waals surface area (Å²) in [6.07, 6.45) is 1.84. The molecule has 1 atom stereocenters. The van der Waals surface area contributed by atoms with Gasteiger partial charge >= 0.3 is 0 Å². The van der Waals surface area contributed by atoms with Crippen molar-refractivity contribution < 1.29 is 14.3 Å². The van der Waals surface area contributed by atoms with E-state index in [0.717, 1.165) is 27.6 Å². The Morgan fingerprint density at radius 1 is 0.912 bits per heavy atom. The van der Waals surface area contributed by atoms with Crippen LogP contribution in [0.1, 0.15) is 28.9 Å². The van der Waals surface area contributed by atoms with E-state index in [4.69, 9.17) is 9.47 Å². The van der Waals surface area contributed by atoms with Crippen LogP contribution in [0.3, 0.4) is 0 Å². The van der Waals surface area contributed by atoms with E-state index < -0.39 is 0 Å². The maximum absolute atomic E-state index is 13.2. The van der Waals surface area contributed by atoms with Gasteiger partial charge in [-0.1, -0.05) is 42.5 Å². The van der Waals surface area contributed by atoms with Crippen molar-refractivity contribution in [2.24, 2.45) is 0 Å². The molecule has 6 heteroatoms. The van der Waals surface area contributed by atoms with Crippen LogP contribution in [0.15, 0.2) is 85.2 Å². The summed E-state index contributed by atoms with van der Waals surface area (Å²) in [6.45, 7) is 2.15. The predicted molar refractivity (Wildman–Crippen MR) is 135 cm³/mol. The molecule has 0 aliphatic rings. The monoisotopic (exact) mass is 451 g/mol. The quantitative estimate of drug-likeness (QED) is 0.340. The van der Waals surface area contributed by atoms with Gasteiger partial charge in [-0.2, -0.15) is 0 Å². The van der Waals surface area contributed by atoms with Crippen molar-refractivity contribution in [1.82, 2.24) is 9.55 Å². The fourth-order valence-electron chi connectivity index (χ4n) is 4.31. The van der Waals surface area contributed by atoms with Crippen LogP contribution in [0, 0.1) is 0 Å². The van der Waals surface area contributed by atoms with Crippen molar-refractivity contribution in [2.75, 3.05) is 19.5 Å². The van der Waals surface area contributed by atoms with Crippen LogP contribution in [-0.4, -0.2) is 29.7 Å². The average Bonchev–Trinajstić information content (AvgIpc) is 3.30. The zero-order valence-corrected chi connectivity index (χ0v) is 19.3. The van der Waals surface area contributed by atoms with Gasteiger partial charge in [0, 0.05) is 11.1 Å². The number of nitrogens with one attached hydrogen (secondary N) is 1. The molecular formula is C28H25N3O3. The molecule has 0 radical (unpaired) electrons. The minimum Gasteiger partial charge on any atom is -0.496 e. The van der Waals surface area contributed by atoms with E-state index in [2.05, 4.69) is 33.9 Å². The van der Waals surface area contributed by atoms with Crippen LogP contribution < -0.4 is 14.8 Å². The van der Waals surface area contributed by atoms with E-state index in [1.54, 1.807) is 14.2 Å². The van der Waals surface area contributed by atoms with Crippen molar-refractivity contribution in [3.05, 3.63) is 96.3 Å². The molecule has 0 bridgehead atoms. The topological polar surface area (TPSA) is 65.4 Å². The van der Waals surface area contributed by atoms with E-state index in [1.165, 1.54) is 5.56 Å². The second-order valence-electron chi connectivity index (χ2n) is 8.13. The fourth-order valence-corrected chi connectivity index (χ4v) is 4.31. The molecule has 5 aromatic rings. The Morgan fingerprint density at radius 3 is 2.47 bits per heavy atom. The summed E-state index contributed by atoms with van der Waals surface area (Å²) in [6, 6.07) is 25.6. The third kappa shape index (κ3) is 3.83. The second-order valence-corrected chi connectivity index (χ2v) is 8.13. The Balaban J connectivity index is 1.44. The number of rotatable bonds is 6. The van der Waals surface area contributed by atoms with Crippen LogP contribution in [0.4, 0.5) is 5.69 Å². The maximum atomic E-state index is 13.2. The number of ether oxygens (including phenoxy) is 2. The molecule has 0 spiro atoms. The number of hydrogen-bond acceptors (Lipinski definition) is 4. The summed E-state index contributed by atoms with van der Waals surface area (Å²) in [5, 5.41) is 4.77. The van der Waals surface area contributed by atoms with Crippen LogP contribution in [0.25, 0.3) is 21.8 Å². The average molecular weight is 452 g/mol. The molecule has 1 heterocycles. The number of nitrogens with zero attached hydrogens (tertiary/aromatic N) is 2. The Hall–Kier alpha value is -4.32. The predicted octanol–water partition coefficient (Wildman–Crippen LogP) is 6.07. The standard InChI is InChI=1S/C28H25N3O3/c1-18(19-8-5-4-6-9-19)31-17-29-24-15-21(12-13-25(24)31)30-28(32)23-14-20-10-7-11-26(33-2)22(20)16-27(23)34-3/h4-18H,1-3H3,(H,30,32). The molecule has 6 nitrogen and oxygen atoms in total. The van der Waals surface area contributed by atoms with E-state index in [0.29, 0.717) is 17.0 Å². The number of carbonyl (C=O) groups excluding carboxylic acids is 1. The fraction of sp³-hybridized carbons (Fsp3) is 0.143. The zero-order valence-electron chi connectivity index (χ0n) is 19.3. The van der Waals surface area contributed by atoms with Crippen molar-refractivity contribution in [3.63, 3.8) is 0 Å². The number of carbonyl (C=O) groups is 1. The molecule has 0 saturated heterocycles. The van der Waals surface area contributed by atoms with Gasteiger partial charge in [-0.15, -0.1) is 0 Å². The Bertz CT molecular complexity index is 1490. The molecule has 5 rings (SSSR count). The van der Waals surface area contributed by atoms with E-state index >= 15 is 0 Å². The van der Waals surface area contributed by atoms with Gasteiger partial charge in [-0.25, -0.2) is 4.98 Å². The summed E-state index contributed by atoms with van der Waals surface area (Å²) in [7, 11) is 3.18. The number of imidazole rings is 1. The van der Waals surface area contributed by atoms with Gasteiger partial charge in [0.1, 0.15) is 11.5 Å². The van der Waals surface area contributed by atoms with Gasteiger partial charge in [-0.05, 0) is 54.3 Å². The summed E-state index contributed by atoms with van der Waals surface area (Å²) in [5.74, 6) is 0.961. The number of hydrogen-bond donors (Lipinski definition) is 1. The lowest BCUT2D eigenvalue weighted by Crippen LogP contribution is -2.13. The summed E-state index contributed by atoms with van der Waals surface area (Å²) >= 11 is 0. The molecule has 170 valence electrons. The van der Waals surface area contributed by atoms with E-state index in [9.17, 15) is 4.79 Å². The first-order chi connectivity index (χ1) is 16.6. The minimum absolute atomic E-state index is 0.144. The van der Waals surface area contributed by atoms with E-state index in [-0.39, 0.29) is 11.9 Å². The number of benzene rings is 4. The van der Waals surface area contributed by atoms with Gasteiger partial charge < -0.3 is 19.4 Å². The first-order valence-electron chi connectivity index (χ1n) is 11.1. The van der Waals surface area contributed by atoms with Gasteiger partial charge in [0.2, 0.25) is 0 Å². The molecule has 0 aliphatic heterocycles. The number of amides is 1. The molecule has 1 N–H and O–H groups in total. The molecule has 1 unspecified atom stereocenters. The van der Waals surface area contributed by atoms with Crippen molar-refractivity contribution in [1.29, 1.82) is 0 Å². The third-order valence-electron chi connectivity index (χ3n) is 6.16. The second kappa shape index (κ2) is 8.90. The Labute approximate surface area is 197 Å². The number of aromatic nitrogens is 2. The number of fused-ring (bicyclic) bond motifs is 2. The van der Waals surface area contributed by atoms with Gasteiger partial charge in [0.15, 0.2) is 0 Å². The summed E-state index contributed by atoms with van der Waals surface area (Å²) in [5.41, 5.74) is 4.15. The lowest BCUT2D eigenvalue weighted by atomic mass is 10.0. The largest absolute Gasteiger partial charge is 0.496 e. The lowest BCUT2D eigenvalue weighted by molar-refractivity contribution is 0.102. The molecule has 0 saturated carbocycles. The normalized spacial score (nSPS) is 12.0. The molecule has 1 aromatic heterocycles. The molecule has 34 heavy (non-hydrogen) atoms. The summed E-state index contributed by atoms with van der Waals surface area (Å²) < 4.78 is 13.1. The molecule has 0 aliphatic carbocycles. The first kappa shape index (κ1) is 21.5. The summed E-state index contributed by atoms with van der Waals surface area (Å²) in [4.78, 5) is 17.8. The van der Waals surface area contributed by atoms with Gasteiger partial charge in [0.25, 0.3) is 5.91 Å². The third-order valence-corrected chi connectivity index (χ3v) is 6.16. The van der Waals surface area contributed by atoms with Crippen LogP contribution in [0.5, 0.6) is 11.5 Å². The molecule has 0 fully saturated rings. The Kier molecular flexibility index (Phi) is 5.64. The maximum Gasteiger partial charge on any atom is 0.259 e. The van der Waals surface area contributed by atoms with Crippen LogP contribution >= 0.6 is 0 Å². The van der Waals surface area contributed by atoms with Crippen LogP contribution in [-0.2, 0) is 0 Å². The highest BCUT2D eigenvalue weighted by molar-refractivity contribution is 6.09. The number of methoxy groups -OCH3 is 2. The SMILES string of the molecule is COc1cc2c(OC)cccc2cc1C(=O)Nc1ccc2c(c1)ncn2C(C)c1ccccc1. The van der Waals surface area contributed by atoms with Crippen molar-refractivity contribution in [2.45, 2.75) is 13.0 Å². The Morgan fingerprint density at radius 2 is 1.71 bits per heavy atom. The van der Waals surface area contributed by atoms with Gasteiger partial charge in [-0.3, -0.25) is 4.79 Å².